The van der Waals surface area contributed by atoms with Crippen LogP contribution >= 0.6 is 15.6 Å². The van der Waals surface area contributed by atoms with Crippen LogP contribution in [-0.4, -0.2) is 96.7 Å². The van der Waals surface area contributed by atoms with E-state index in [1.165, 1.54) is 205 Å². The minimum absolute atomic E-state index is 0.104. The van der Waals surface area contributed by atoms with Crippen LogP contribution in [0, 0.1) is 23.7 Å². The Morgan fingerprint density at radius 3 is 0.717 bits per heavy atom. The fraction of sp³-hybridized carbons (Fsp3) is 0.950. The lowest BCUT2D eigenvalue weighted by molar-refractivity contribution is -0.161. The smallest absolute Gasteiger partial charge is 0.462 e. The van der Waals surface area contributed by atoms with Gasteiger partial charge in [-0.15, -0.1) is 0 Å². The summed E-state index contributed by atoms with van der Waals surface area (Å²) in [4.78, 5) is 72.9. The van der Waals surface area contributed by atoms with Crippen LogP contribution in [0.15, 0.2) is 0 Å². The number of ether oxygens (including phenoxy) is 4. The highest BCUT2D eigenvalue weighted by Gasteiger charge is 2.30. The van der Waals surface area contributed by atoms with Crippen molar-refractivity contribution in [3.8, 4) is 0 Å². The van der Waals surface area contributed by atoms with Gasteiger partial charge in [-0.1, -0.05) is 357 Å². The van der Waals surface area contributed by atoms with Crippen molar-refractivity contribution in [2.24, 2.45) is 23.7 Å². The average Bonchev–Trinajstić information content (AvgIpc) is 0.987. The lowest BCUT2D eigenvalue weighted by atomic mass is 9.99. The predicted molar refractivity (Wildman–Crippen MR) is 404 cm³/mol. The summed E-state index contributed by atoms with van der Waals surface area (Å²) in [5.41, 5.74) is 0. The van der Waals surface area contributed by atoms with E-state index in [-0.39, 0.29) is 25.7 Å². The molecule has 3 N–H and O–H groups in total. The van der Waals surface area contributed by atoms with E-state index >= 15 is 0 Å². The van der Waals surface area contributed by atoms with Crippen molar-refractivity contribution >= 4 is 39.5 Å². The minimum atomic E-state index is -4.96. The first-order valence-electron chi connectivity index (χ1n) is 41.2. The molecule has 19 heteroatoms. The Morgan fingerprint density at radius 1 is 0.283 bits per heavy atom. The molecule has 0 saturated carbocycles. The van der Waals surface area contributed by atoms with Gasteiger partial charge in [0.1, 0.15) is 19.3 Å². The van der Waals surface area contributed by atoms with Gasteiger partial charge in [-0.05, 0) is 49.4 Å². The van der Waals surface area contributed by atoms with Crippen molar-refractivity contribution in [1.82, 2.24) is 0 Å². The number of carbonyl (C=O) groups excluding carboxylic acids is 4. The van der Waals surface area contributed by atoms with E-state index in [0.29, 0.717) is 31.6 Å². The molecule has 0 amide bonds. The lowest BCUT2D eigenvalue weighted by Crippen LogP contribution is -2.30. The zero-order valence-corrected chi connectivity index (χ0v) is 66.9. The van der Waals surface area contributed by atoms with Gasteiger partial charge >= 0.3 is 39.5 Å². The Morgan fingerprint density at radius 2 is 0.485 bits per heavy atom. The molecule has 0 rings (SSSR count). The topological polar surface area (TPSA) is 237 Å². The Kier molecular flexibility index (Phi) is 67.8. The molecule has 0 aliphatic carbocycles. The van der Waals surface area contributed by atoms with Gasteiger partial charge in [-0.25, -0.2) is 9.13 Å². The Bertz CT molecular complexity index is 1940. The van der Waals surface area contributed by atoms with Gasteiger partial charge in [0, 0.05) is 25.7 Å². The predicted octanol–water partition coefficient (Wildman–Crippen LogP) is 23.6. The van der Waals surface area contributed by atoms with E-state index in [0.717, 1.165) is 114 Å². The number of hydrogen-bond donors (Lipinski definition) is 3. The highest BCUT2D eigenvalue weighted by molar-refractivity contribution is 7.47. The van der Waals surface area contributed by atoms with E-state index < -0.39 is 97.5 Å². The number of aliphatic hydroxyl groups is 1. The number of phosphoric acid groups is 2. The Balaban J connectivity index is 5.20. The molecule has 0 radical (unpaired) electrons. The normalized spacial score (nSPS) is 14.3. The van der Waals surface area contributed by atoms with E-state index in [4.69, 9.17) is 37.0 Å². The molecule has 0 heterocycles. The first-order chi connectivity index (χ1) is 47.6. The summed E-state index contributed by atoms with van der Waals surface area (Å²) in [5.74, 6) is 0.959. The summed E-state index contributed by atoms with van der Waals surface area (Å²) in [5, 5.41) is 10.6. The number of hydrogen-bond acceptors (Lipinski definition) is 15. The zero-order valence-electron chi connectivity index (χ0n) is 65.1. The molecule has 17 nitrogen and oxygen atoms in total. The molecule has 0 aliphatic rings. The van der Waals surface area contributed by atoms with Crippen LogP contribution in [0.25, 0.3) is 0 Å². The van der Waals surface area contributed by atoms with Crippen molar-refractivity contribution in [1.29, 1.82) is 0 Å². The van der Waals surface area contributed by atoms with E-state index in [9.17, 15) is 43.2 Å². The third kappa shape index (κ3) is 72.8. The van der Waals surface area contributed by atoms with Crippen LogP contribution < -0.4 is 0 Å². The molecule has 0 bridgehead atoms. The maximum atomic E-state index is 13.1. The van der Waals surface area contributed by atoms with Gasteiger partial charge in [0.2, 0.25) is 0 Å². The second-order valence-electron chi connectivity index (χ2n) is 30.5. The van der Waals surface area contributed by atoms with Gasteiger partial charge in [0.05, 0.1) is 26.4 Å². The van der Waals surface area contributed by atoms with Crippen LogP contribution in [0.3, 0.4) is 0 Å². The Labute approximate surface area is 607 Å². The third-order valence-corrected chi connectivity index (χ3v) is 20.8. The maximum Gasteiger partial charge on any atom is 0.472 e. The number of phosphoric ester groups is 2. The van der Waals surface area contributed by atoms with Crippen LogP contribution in [0.4, 0.5) is 0 Å². The fourth-order valence-electron chi connectivity index (χ4n) is 12.2. The fourth-order valence-corrected chi connectivity index (χ4v) is 13.8. The second kappa shape index (κ2) is 69.1. The molecule has 0 aromatic heterocycles. The summed E-state index contributed by atoms with van der Waals surface area (Å²) < 4.78 is 68.6. The van der Waals surface area contributed by atoms with Crippen LogP contribution in [0.2, 0.25) is 0 Å². The van der Waals surface area contributed by atoms with E-state index in [1.807, 2.05) is 0 Å². The summed E-state index contributed by atoms with van der Waals surface area (Å²) in [6.07, 6.45) is 55.7. The molecule has 0 saturated heterocycles. The molecule has 0 fully saturated rings. The Hall–Kier alpha value is -1.94. The molecule has 0 aliphatic heterocycles. The molecular weight excluding hydrogens is 1290 g/mol. The lowest BCUT2D eigenvalue weighted by Gasteiger charge is -2.21. The summed E-state index contributed by atoms with van der Waals surface area (Å²) in [6, 6.07) is 0. The first kappa shape index (κ1) is 97.1. The third-order valence-electron chi connectivity index (χ3n) is 18.9. The number of rotatable bonds is 77. The summed E-state index contributed by atoms with van der Waals surface area (Å²) >= 11 is 0. The molecule has 99 heavy (non-hydrogen) atoms. The van der Waals surface area contributed by atoms with Gasteiger partial charge in [-0.3, -0.25) is 37.3 Å². The van der Waals surface area contributed by atoms with E-state index in [1.54, 1.807) is 0 Å². The van der Waals surface area contributed by atoms with Crippen molar-refractivity contribution in [3.05, 3.63) is 0 Å². The number of carbonyl (C=O) groups is 4. The van der Waals surface area contributed by atoms with Crippen LogP contribution in [0.5, 0.6) is 0 Å². The monoisotopic (exact) mass is 1450 g/mol. The van der Waals surface area contributed by atoms with Crippen molar-refractivity contribution in [2.75, 3.05) is 39.6 Å². The largest absolute Gasteiger partial charge is 0.472 e. The molecule has 0 aromatic rings. The molecule has 0 spiro atoms. The summed E-state index contributed by atoms with van der Waals surface area (Å²) in [6.45, 7) is 14.2. The molecular formula is C80H156O17P2. The molecule has 588 valence electrons. The quantitative estimate of drug-likeness (QED) is 0.0222. The van der Waals surface area contributed by atoms with Crippen molar-refractivity contribution in [2.45, 2.75) is 427 Å². The number of esters is 4. The van der Waals surface area contributed by atoms with E-state index in [2.05, 4.69) is 55.4 Å². The van der Waals surface area contributed by atoms with Crippen molar-refractivity contribution < 1.29 is 80.2 Å². The van der Waals surface area contributed by atoms with Crippen LogP contribution in [0.1, 0.15) is 409 Å². The number of aliphatic hydroxyl groups excluding tert-OH is 1. The molecule has 6 atom stereocenters. The second-order valence-corrected chi connectivity index (χ2v) is 33.4. The standard InChI is InChI=1S/C80H156O17P2/c1-9-73(8)59-51-43-34-28-22-18-14-12-10-11-13-15-19-24-30-36-46-54-62-79(84)96-75(66-90-77(82)60-52-44-35-29-23-20-16-17-21-26-32-40-48-56-70(2)3)68-94-98(86,87)92-64-74(81)65-93-99(88,89)95-69-76(67-91-78(83)61-53-45-39-38-42-50-58-72(6)7)97-80(85)63-55-47-37-31-25-27-33-41-49-57-71(4)5/h70-76,81H,9-69H2,1-8H3,(H,86,87)(H,88,89)/t73?,74-,75-,76-/m1/s1. The number of unbranched alkanes of at least 4 members (excludes halogenated alkanes) is 42. The highest BCUT2D eigenvalue weighted by Crippen LogP contribution is 2.45. The van der Waals surface area contributed by atoms with Gasteiger partial charge < -0.3 is 33.8 Å². The van der Waals surface area contributed by atoms with Gasteiger partial charge in [0.25, 0.3) is 0 Å². The van der Waals surface area contributed by atoms with Gasteiger partial charge in [0.15, 0.2) is 12.2 Å². The zero-order chi connectivity index (χ0) is 73.1. The van der Waals surface area contributed by atoms with Gasteiger partial charge in [-0.2, -0.15) is 0 Å². The molecule has 0 aromatic carbocycles. The average molecular weight is 1450 g/mol. The molecule has 3 unspecified atom stereocenters. The highest BCUT2D eigenvalue weighted by atomic mass is 31.2. The maximum absolute atomic E-state index is 13.1. The minimum Gasteiger partial charge on any atom is -0.462 e. The van der Waals surface area contributed by atoms with Crippen LogP contribution in [-0.2, 0) is 65.4 Å². The summed E-state index contributed by atoms with van der Waals surface area (Å²) in [7, 11) is -9.92. The first-order valence-corrected chi connectivity index (χ1v) is 44.2. The van der Waals surface area contributed by atoms with Crippen molar-refractivity contribution in [3.63, 3.8) is 0 Å². The SMILES string of the molecule is CCC(C)CCCCCCCCCCCCCCCCCCCCC(=O)O[C@H](COC(=O)CCCCCCCCCCCCCCCC(C)C)COP(=O)(O)OC[C@@H](O)COP(=O)(O)OC[C@@H](COC(=O)CCCCCCCCC(C)C)OC(=O)CCCCCCCCCCCC(C)C.